The van der Waals surface area contributed by atoms with Crippen molar-refractivity contribution in [3.8, 4) is 23.7 Å². The summed E-state index contributed by atoms with van der Waals surface area (Å²) in [6, 6.07) is 0. The van der Waals surface area contributed by atoms with E-state index in [0.717, 1.165) is 6.08 Å². The van der Waals surface area contributed by atoms with Crippen LogP contribution in [0.15, 0.2) is 24.3 Å². The van der Waals surface area contributed by atoms with Gasteiger partial charge in [0.25, 0.3) is 0 Å². The highest BCUT2D eigenvalue weighted by Gasteiger charge is 1.78. The van der Waals surface area contributed by atoms with Crippen molar-refractivity contribution in [2.45, 2.75) is 6.92 Å². The third-order valence-corrected chi connectivity index (χ3v) is 0.766. The zero-order chi connectivity index (χ0) is 9.23. The summed E-state index contributed by atoms with van der Waals surface area (Å²) in [6.07, 6.45) is 5.66. The first-order chi connectivity index (χ1) is 5.77. The molecule has 0 bridgehead atoms. The molecule has 0 amide bonds. The van der Waals surface area contributed by atoms with E-state index in [4.69, 9.17) is 5.11 Å². The maximum Gasteiger partial charge on any atom is 0.328 e. The molecule has 0 aliphatic carbocycles. The number of aliphatic carboxylic acids is 1. The van der Waals surface area contributed by atoms with Crippen molar-refractivity contribution in [1.82, 2.24) is 0 Å². The van der Waals surface area contributed by atoms with Crippen molar-refractivity contribution >= 4 is 5.97 Å². The molecule has 2 heteroatoms. The summed E-state index contributed by atoms with van der Waals surface area (Å²) >= 11 is 0. The fourth-order valence-electron chi connectivity index (χ4n) is 0.352. The van der Waals surface area contributed by atoms with E-state index in [9.17, 15) is 4.79 Å². The molecule has 0 aromatic rings. The van der Waals surface area contributed by atoms with Crippen molar-refractivity contribution in [3.05, 3.63) is 24.3 Å². The third-order valence-electron chi connectivity index (χ3n) is 0.766. The van der Waals surface area contributed by atoms with E-state index >= 15 is 0 Å². The fourth-order valence-corrected chi connectivity index (χ4v) is 0.352. The molecule has 0 spiro atoms. The number of allylic oxidation sites excluding steroid dienone is 3. The van der Waals surface area contributed by atoms with Gasteiger partial charge in [0.1, 0.15) is 0 Å². The van der Waals surface area contributed by atoms with Crippen molar-refractivity contribution in [3.63, 3.8) is 0 Å². The van der Waals surface area contributed by atoms with Crippen LogP contribution in [0.5, 0.6) is 0 Å². The van der Waals surface area contributed by atoms with Gasteiger partial charge in [0, 0.05) is 6.08 Å². The van der Waals surface area contributed by atoms with Crippen LogP contribution in [0.2, 0.25) is 0 Å². The summed E-state index contributed by atoms with van der Waals surface area (Å²) in [5.74, 6) is 9.07. The molecule has 0 fully saturated rings. The Labute approximate surface area is 71.6 Å². The van der Waals surface area contributed by atoms with Crippen LogP contribution in [-0.2, 0) is 4.79 Å². The van der Waals surface area contributed by atoms with Gasteiger partial charge in [-0.1, -0.05) is 17.9 Å². The van der Waals surface area contributed by atoms with Gasteiger partial charge in [-0.25, -0.2) is 4.79 Å². The molecule has 0 heterocycles. The number of carbonyl (C=O) groups is 1. The lowest BCUT2D eigenvalue weighted by molar-refractivity contribution is -0.131. The molecule has 60 valence electrons. The lowest BCUT2D eigenvalue weighted by Gasteiger charge is -1.69. The Morgan fingerprint density at radius 2 is 1.83 bits per heavy atom. The SMILES string of the molecule is CC=CC#CC#CC=CC(=O)O. The van der Waals surface area contributed by atoms with E-state index in [1.807, 2.05) is 6.92 Å². The minimum absolute atomic E-state index is 0.963. The van der Waals surface area contributed by atoms with E-state index in [1.165, 1.54) is 6.08 Å². The summed E-state index contributed by atoms with van der Waals surface area (Å²) in [7, 11) is 0. The first kappa shape index (κ1) is 10.1. The number of rotatable bonds is 1. The number of hydrogen-bond acceptors (Lipinski definition) is 1. The minimum atomic E-state index is -1.01. The molecule has 0 aromatic heterocycles. The summed E-state index contributed by atoms with van der Waals surface area (Å²) < 4.78 is 0. The van der Waals surface area contributed by atoms with E-state index in [1.54, 1.807) is 12.2 Å². The number of carboxylic acid groups (broad SMARTS) is 1. The van der Waals surface area contributed by atoms with Crippen LogP contribution in [0.4, 0.5) is 0 Å². The lowest BCUT2D eigenvalue weighted by Crippen LogP contribution is -1.84. The quantitative estimate of drug-likeness (QED) is 0.462. The molecule has 12 heavy (non-hydrogen) atoms. The van der Waals surface area contributed by atoms with Crippen LogP contribution in [0, 0.1) is 23.7 Å². The maximum atomic E-state index is 9.93. The van der Waals surface area contributed by atoms with Crippen molar-refractivity contribution in [1.29, 1.82) is 0 Å². The monoisotopic (exact) mass is 160 g/mol. The molecule has 1 N–H and O–H groups in total. The molecular weight excluding hydrogens is 152 g/mol. The van der Waals surface area contributed by atoms with Gasteiger partial charge in [-0.15, -0.1) is 0 Å². The Kier molecular flexibility index (Phi) is 6.03. The third kappa shape index (κ3) is 8.07. The second-order valence-electron chi connectivity index (χ2n) is 1.71. The van der Waals surface area contributed by atoms with E-state index < -0.39 is 5.97 Å². The van der Waals surface area contributed by atoms with Crippen LogP contribution < -0.4 is 0 Å². The molecule has 0 radical (unpaired) electrons. The zero-order valence-electron chi connectivity index (χ0n) is 6.66. The summed E-state index contributed by atoms with van der Waals surface area (Å²) in [4.78, 5) is 9.93. The van der Waals surface area contributed by atoms with Crippen molar-refractivity contribution in [2.75, 3.05) is 0 Å². The minimum Gasteiger partial charge on any atom is -0.478 e. The summed E-state index contributed by atoms with van der Waals surface area (Å²) in [6.45, 7) is 1.85. The number of hydrogen-bond donors (Lipinski definition) is 1. The standard InChI is InChI=1S/C10H8O2/c1-2-3-4-5-6-7-8-9-10(11)12/h2-3,8-9H,1H3,(H,11,12). The van der Waals surface area contributed by atoms with Crippen molar-refractivity contribution < 1.29 is 9.90 Å². The molecule has 0 aromatic carbocycles. The molecule has 0 saturated carbocycles. The Morgan fingerprint density at radius 3 is 2.33 bits per heavy atom. The van der Waals surface area contributed by atoms with Crippen molar-refractivity contribution in [2.24, 2.45) is 0 Å². The molecule has 0 aliphatic heterocycles. The average Bonchev–Trinajstić information content (AvgIpc) is 2.02. The predicted molar refractivity (Wildman–Crippen MR) is 47.1 cm³/mol. The highest BCUT2D eigenvalue weighted by atomic mass is 16.4. The predicted octanol–water partition coefficient (Wildman–Crippen LogP) is 1.21. The second-order valence-corrected chi connectivity index (χ2v) is 1.71. The largest absolute Gasteiger partial charge is 0.478 e. The fraction of sp³-hybridized carbons (Fsp3) is 0.100. The van der Waals surface area contributed by atoms with Gasteiger partial charge in [0.05, 0.1) is 0 Å². The Hall–Kier alpha value is -1.93. The Bertz CT molecular complexity index is 313. The maximum absolute atomic E-state index is 9.93. The van der Waals surface area contributed by atoms with Gasteiger partial charge in [-0.3, -0.25) is 0 Å². The molecule has 0 aliphatic rings. The first-order valence-corrected chi connectivity index (χ1v) is 3.29. The molecule has 0 rings (SSSR count). The molecule has 0 saturated heterocycles. The van der Waals surface area contributed by atoms with E-state index in [-0.39, 0.29) is 0 Å². The first-order valence-electron chi connectivity index (χ1n) is 3.29. The van der Waals surface area contributed by atoms with Crippen LogP contribution in [0.25, 0.3) is 0 Å². The molecule has 0 unspecified atom stereocenters. The van der Waals surface area contributed by atoms with Gasteiger partial charge in [-0.2, -0.15) is 0 Å². The normalized spacial score (nSPS) is 8.75. The lowest BCUT2D eigenvalue weighted by atomic mass is 10.4. The van der Waals surface area contributed by atoms with Crippen LogP contribution in [0.1, 0.15) is 6.92 Å². The summed E-state index contributed by atoms with van der Waals surface area (Å²) in [5, 5.41) is 8.15. The molecular formula is C10H8O2. The van der Waals surface area contributed by atoms with Gasteiger partial charge in [0.15, 0.2) is 0 Å². The van der Waals surface area contributed by atoms with Gasteiger partial charge < -0.3 is 5.11 Å². The Morgan fingerprint density at radius 1 is 1.25 bits per heavy atom. The topological polar surface area (TPSA) is 37.3 Å². The smallest absolute Gasteiger partial charge is 0.328 e. The Balaban J connectivity index is 3.93. The van der Waals surface area contributed by atoms with Crippen LogP contribution in [0.3, 0.4) is 0 Å². The summed E-state index contributed by atoms with van der Waals surface area (Å²) in [5.41, 5.74) is 0. The van der Waals surface area contributed by atoms with Gasteiger partial charge >= 0.3 is 5.97 Å². The van der Waals surface area contributed by atoms with Gasteiger partial charge in [-0.05, 0) is 30.9 Å². The van der Waals surface area contributed by atoms with Crippen LogP contribution in [-0.4, -0.2) is 11.1 Å². The highest BCUT2D eigenvalue weighted by Crippen LogP contribution is 1.69. The van der Waals surface area contributed by atoms with E-state index in [0.29, 0.717) is 0 Å². The van der Waals surface area contributed by atoms with Crippen LogP contribution >= 0.6 is 0 Å². The number of carboxylic acids is 1. The van der Waals surface area contributed by atoms with E-state index in [2.05, 4.69) is 23.7 Å². The average molecular weight is 160 g/mol. The second kappa shape index (κ2) is 7.18. The van der Waals surface area contributed by atoms with Gasteiger partial charge in [0.2, 0.25) is 0 Å². The highest BCUT2D eigenvalue weighted by molar-refractivity contribution is 5.80. The molecule has 0 atom stereocenters. The molecule has 2 nitrogen and oxygen atoms in total. The zero-order valence-corrected chi connectivity index (χ0v) is 6.66.